The normalized spacial score (nSPS) is 11.4. The lowest BCUT2D eigenvalue weighted by Crippen LogP contribution is -2.11. The lowest BCUT2D eigenvalue weighted by atomic mass is 9.78. The quantitative estimate of drug-likeness (QED) is 0.125. The molecule has 0 radical (unpaired) electrons. The lowest BCUT2D eigenvalue weighted by molar-refractivity contribution is 0.393. The molecule has 0 aliphatic heterocycles. The van der Waals surface area contributed by atoms with E-state index in [9.17, 15) is 20.4 Å². The standard InChI is InChI=1S/C42H46O6/c1-21-11-29(12-22(2)39(21)43)37(30-13-23(3)40(44)24(4)14-30)33-19-36(48-10)34(20-35(33)47-9)38(31-15-25(5)41(45)26(6)16-31)32-17-27(7)42(46)28(8)18-32/h11-20,37-38,43-46H,1-10H3. The number of ether oxygens (including phenoxy) is 2. The van der Waals surface area contributed by atoms with Crippen LogP contribution in [-0.2, 0) is 0 Å². The van der Waals surface area contributed by atoms with Crippen molar-refractivity contribution < 1.29 is 29.9 Å². The molecule has 0 saturated carbocycles. The maximum Gasteiger partial charge on any atom is 0.123 e. The second kappa shape index (κ2) is 13.2. The maximum absolute atomic E-state index is 10.7. The maximum atomic E-state index is 10.7. The molecule has 0 amide bonds. The third-order valence-electron chi connectivity index (χ3n) is 9.59. The van der Waals surface area contributed by atoms with E-state index >= 15 is 0 Å². The van der Waals surface area contributed by atoms with Gasteiger partial charge in [0, 0.05) is 23.0 Å². The molecule has 6 heteroatoms. The molecule has 0 heterocycles. The SMILES string of the molecule is COc1cc(C(c2cc(C)c(O)c(C)c2)c2cc(C)c(O)c(C)c2)c(OC)cc1C(c1cc(C)c(O)c(C)c1)c1cc(C)c(O)c(C)c1. The van der Waals surface area contributed by atoms with Crippen molar-refractivity contribution in [3.05, 3.63) is 139 Å². The Bertz CT molecular complexity index is 1690. The van der Waals surface area contributed by atoms with Gasteiger partial charge in [0.1, 0.15) is 34.5 Å². The molecule has 0 aromatic heterocycles. The van der Waals surface area contributed by atoms with Crippen LogP contribution in [-0.4, -0.2) is 34.6 Å². The fourth-order valence-corrected chi connectivity index (χ4v) is 7.12. The van der Waals surface area contributed by atoms with Crippen LogP contribution in [0.1, 0.15) is 89.7 Å². The summed E-state index contributed by atoms with van der Waals surface area (Å²) in [6.07, 6.45) is 0. The smallest absolute Gasteiger partial charge is 0.123 e. The van der Waals surface area contributed by atoms with Gasteiger partial charge in [-0.1, -0.05) is 48.5 Å². The van der Waals surface area contributed by atoms with Crippen LogP contribution in [0.25, 0.3) is 0 Å². The highest BCUT2D eigenvalue weighted by molar-refractivity contribution is 5.62. The molecule has 0 aliphatic carbocycles. The predicted molar refractivity (Wildman–Crippen MR) is 192 cm³/mol. The van der Waals surface area contributed by atoms with E-state index in [0.29, 0.717) is 11.5 Å². The van der Waals surface area contributed by atoms with Crippen molar-refractivity contribution in [2.45, 2.75) is 67.2 Å². The Hall–Kier alpha value is -5.10. The van der Waals surface area contributed by atoms with Gasteiger partial charge in [-0.15, -0.1) is 0 Å². The Kier molecular flexibility index (Phi) is 9.41. The topological polar surface area (TPSA) is 99.4 Å². The average molecular weight is 647 g/mol. The third-order valence-corrected chi connectivity index (χ3v) is 9.59. The molecular weight excluding hydrogens is 600 g/mol. The van der Waals surface area contributed by atoms with E-state index in [2.05, 4.69) is 0 Å². The van der Waals surface area contributed by atoms with Crippen molar-refractivity contribution in [2.24, 2.45) is 0 Å². The number of aromatic hydroxyl groups is 4. The van der Waals surface area contributed by atoms with Crippen LogP contribution in [0, 0.1) is 55.4 Å². The van der Waals surface area contributed by atoms with Crippen LogP contribution in [0.4, 0.5) is 0 Å². The molecule has 5 aromatic carbocycles. The van der Waals surface area contributed by atoms with Gasteiger partial charge in [0.25, 0.3) is 0 Å². The molecule has 250 valence electrons. The highest BCUT2D eigenvalue weighted by Gasteiger charge is 2.29. The first kappa shape index (κ1) is 34.2. The summed E-state index contributed by atoms with van der Waals surface area (Å²) < 4.78 is 12.4. The van der Waals surface area contributed by atoms with Crippen LogP contribution >= 0.6 is 0 Å². The fourth-order valence-electron chi connectivity index (χ4n) is 7.12. The van der Waals surface area contributed by atoms with Crippen molar-refractivity contribution in [1.82, 2.24) is 0 Å². The van der Waals surface area contributed by atoms with Crippen LogP contribution in [0.5, 0.6) is 34.5 Å². The van der Waals surface area contributed by atoms with E-state index in [-0.39, 0.29) is 34.8 Å². The van der Waals surface area contributed by atoms with Crippen molar-refractivity contribution in [3.63, 3.8) is 0 Å². The summed E-state index contributed by atoms with van der Waals surface area (Å²) in [5, 5.41) is 42.7. The van der Waals surface area contributed by atoms with Gasteiger partial charge in [-0.2, -0.15) is 0 Å². The van der Waals surface area contributed by atoms with Gasteiger partial charge >= 0.3 is 0 Å². The summed E-state index contributed by atoms with van der Waals surface area (Å²) in [6, 6.07) is 20.0. The molecule has 0 bridgehead atoms. The van der Waals surface area contributed by atoms with E-state index in [4.69, 9.17) is 9.47 Å². The Morgan fingerprint density at radius 2 is 0.542 bits per heavy atom. The number of phenolic OH excluding ortho intramolecular Hbond substituents is 4. The Morgan fingerprint density at radius 3 is 0.708 bits per heavy atom. The molecule has 0 fully saturated rings. The number of hydrogen-bond acceptors (Lipinski definition) is 6. The van der Waals surface area contributed by atoms with Gasteiger partial charge in [-0.25, -0.2) is 0 Å². The summed E-state index contributed by atoms with van der Waals surface area (Å²) in [4.78, 5) is 0. The molecule has 5 aromatic rings. The monoisotopic (exact) mass is 646 g/mol. The number of hydrogen-bond donors (Lipinski definition) is 4. The molecule has 0 saturated heterocycles. The summed E-state index contributed by atoms with van der Waals surface area (Å²) in [7, 11) is 3.32. The highest BCUT2D eigenvalue weighted by atomic mass is 16.5. The van der Waals surface area contributed by atoms with Crippen molar-refractivity contribution >= 4 is 0 Å². The van der Waals surface area contributed by atoms with Crippen LogP contribution in [0.15, 0.2) is 60.7 Å². The molecule has 0 aliphatic rings. The molecule has 0 unspecified atom stereocenters. The summed E-state index contributed by atoms with van der Waals surface area (Å²) in [5.41, 5.74) is 11.7. The first-order valence-electron chi connectivity index (χ1n) is 16.1. The zero-order valence-electron chi connectivity index (χ0n) is 29.5. The van der Waals surface area contributed by atoms with Gasteiger partial charge in [0.05, 0.1) is 14.2 Å². The van der Waals surface area contributed by atoms with Crippen molar-refractivity contribution in [3.8, 4) is 34.5 Å². The first-order valence-corrected chi connectivity index (χ1v) is 16.1. The lowest BCUT2D eigenvalue weighted by Gasteiger charge is -2.28. The van der Waals surface area contributed by atoms with Gasteiger partial charge < -0.3 is 29.9 Å². The zero-order valence-corrected chi connectivity index (χ0v) is 29.5. The molecule has 48 heavy (non-hydrogen) atoms. The van der Waals surface area contributed by atoms with Crippen molar-refractivity contribution in [1.29, 1.82) is 0 Å². The fraction of sp³-hybridized carbons (Fsp3) is 0.286. The Labute approximate surface area is 283 Å². The molecule has 0 spiro atoms. The van der Waals surface area contributed by atoms with E-state index < -0.39 is 0 Å². The van der Waals surface area contributed by atoms with E-state index in [0.717, 1.165) is 77.9 Å². The first-order chi connectivity index (χ1) is 22.7. The van der Waals surface area contributed by atoms with Crippen LogP contribution in [0.2, 0.25) is 0 Å². The zero-order chi connectivity index (χ0) is 35.2. The van der Waals surface area contributed by atoms with Gasteiger partial charge in [0.15, 0.2) is 0 Å². The van der Waals surface area contributed by atoms with Gasteiger partial charge in [0.2, 0.25) is 0 Å². The third kappa shape index (κ3) is 6.15. The molecule has 5 rings (SSSR count). The minimum absolute atomic E-state index is 0.261. The summed E-state index contributed by atoms with van der Waals surface area (Å²) in [6.45, 7) is 15.2. The average Bonchev–Trinajstić information content (AvgIpc) is 3.04. The molecule has 4 N–H and O–H groups in total. The Morgan fingerprint density at radius 1 is 0.354 bits per heavy atom. The van der Waals surface area contributed by atoms with Crippen LogP contribution in [0.3, 0.4) is 0 Å². The number of phenols is 4. The molecular formula is C42H46O6. The van der Waals surface area contributed by atoms with Crippen LogP contribution < -0.4 is 9.47 Å². The van der Waals surface area contributed by atoms with E-state index in [1.807, 2.05) is 116 Å². The minimum Gasteiger partial charge on any atom is -0.507 e. The number of rotatable bonds is 8. The Balaban J connectivity index is 1.85. The van der Waals surface area contributed by atoms with E-state index in [1.54, 1.807) is 14.2 Å². The summed E-state index contributed by atoms with van der Waals surface area (Å²) in [5.74, 6) is 1.69. The van der Waals surface area contributed by atoms with Crippen molar-refractivity contribution in [2.75, 3.05) is 14.2 Å². The number of aryl methyl sites for hydroxylation is 8. The molecule has 0 atom stereocenters. The second-order valence-electron chi connectivity index (χ2n) is 13.2. The molecule has 6 nitrogen and oxygen atoms in total. The van der Waals surface area contributed by atoms with E-state index in [1.165, 1.54) is 0 Å². The minimum atomic E-state index is -0.325. The van der Waals surface area contributed by atoms with Gasteiger partial charge in [-0.05, 0) is 134 Å². The largest absolute Gasteiger partial charge is 0.507 e. The number of methoxy groups -OCH3 is 2. The summed E-state index contributed by atoms with van der Waals surface area (Å²) >= 11 is 0. The number of benzene rings is 5. The predicted octanol–water partition coefficient (Wildman–Crippen LogP) is 9.35. The van der Waals surface area contributed by atoms with Gasteiger partial charge in [-0.3, -0.25) is 0 Å². The highest BCUT2D eigenvalue weighted by Crippen LogP contribution is 2.48. The second-order valence-corrected chi connectivity index (χ2v) is 13.2.